The van der Waals surface area contributed by atoms with Crippen LogP contribution in [-0.2, 0) is 9.59 Å². The van der Waals surface area contributed by atoms with Crippen molar-refractivity contribution in [1.29, 1.82) is 0 Å². The Balaban J connectivity index is 1.55. The highest BCUT2D eigenvalue weighted by Gasteiger charge is 2.49. The Hall–Kier alpha value is -4.53. The van der Waals surface area contributed by atoms with Crippen LogP contribution in [0.5, 0.6) is 11.5 Å². The molecule has 2 N–H and O–H groups in total. The fourth-order valence-electron chi connectivity index (χ4n) is 4.17. The van der Waals surface area contributed by atoms with E-state index in [-0.39, 0.29) is 24.1 Å². The Morgan fingerprint density at radius 1 is 1.09 bits per heavy atom. The monoisotopic (exact) mass is 443 g/mol. The number of furan rings is 1. The van der Waals surface area contributed by atoms with Crippen molar-refractivity contribution >= 4 is 34.4 Å². The number of carbonyl (C=O) groups is 2. The van der Waals surface area contributed by atoms with Gasteiger partial charge in [-0.3, -0.25) is 14.5 Å². The van der Waals surface area contributed by atoms with Crippen molar-refractivity contribution < 1.29 is 28.6 Å². The fraction of sp³-hybridized carbons (Fsp3) is 0.125. The van der Waals surface area contributed by atoms with Gasteiger partial charge in [-0.2, -0.15) is 0 Å². The molecule has 2 aliphatic heterocycles. The van der Waals surface area contributed by atoms with Crippen LogP contribution in [0.2, 0.25) is 0 Å². The van der Waals surface area contributed by atoms with Crippen molar-refractivity contribution in [2.24, 2.45) is 0 Å². The van der Waals surface area contributed by atoms with E-state index in [2.05, 4.69) is 9.97 Å². The normalized spacial score (nSPS) is 19.1. The van der Waals surface area contributed by atoms with Crippen molar-refractivity contribution in [3.05, 3.63) is 77.3 Å². The topological polar surface area (TPSA) is 118 Å². The van der Waals surface area contributed by atoms with Gasteiger partial charge >= 0.3 is 5.91 Å². The van der Waals surface area contributed by atoms with Gasteiger partial charge in [-0.15, -0.1) is 0 Å². The zero-order valence-electron chi connectivity index (χ0n) is 17.4. The maximum atomic E-state index is 13.2. The van der Waals surface area contributed by atoms with Crippen molar-refractivity contribution in [2.45, 2.75) is 13.0 Å². The van der Waals surface area contributed by atoms with Crippen LogP contribution >= 0.6 is 0 Å². The summed E-state index contributed by atoms with van der Waals surface area (Å²) in [6, 6.07) is 14.5. The SMILES string of the molecule is Cc1ccc(C2/C(=C(\O)c3ccc4c(c3)OCO4)C(=O)C(=O)N2c2nc3ccccc3[nH]2)o1. The Bertz CT molecular complexity index is 1450. The van der Waals surface area contributed by atoms with Crippen LogP contribution in [0.4, 0.5) is 5.95 Å². The van der Waals surface area contributed by atoms with E-state index in [9.17, 15) is 14.7 Å². The molecule has 9 nitrogen and oxygen atoms in total. The first-order chi connectivity index (χ1) is 16.0. The summed E-state index contributed by atoms with van der Waals surface area (Å²) < 4.78 is 16.5. The summed E-state index contributed by atoms with van der Waals surface area (Å²) in [4.78, 5) is 35.2. The summed E-state index contributed by atoms with van der Waals surface area (Å²) in [5.74, 6) is 0.0765. The van der Waals surface area contributed by atoms with Gasteiger partial charge < -0.3 is 24.0 Å². The van der Waals surface area contributed by atoms with Crippen LogP contribution in [-0.4, -0.2) is 33.6 Å². The summed E-state index contributed by atoms with van der Waals surface area (Å²) in [5.41, 5.74) is 1.56. The van der Waals surface area contributed by atoms with Gasteiger partial charge in [0, 0.05) is 5.56 Å². The maximum Gasteiger partial charge on any atom is 0.302 e. The summed E-state index contributed by atoms with van der Waals surface area (Å²) in [7, 11) is 0. The van der Waals surface area contributed by atoms with E-state index in [0.717, 1.165) is 0 Å². The van der Waals surface area contributed by atoms with E-state index < -0.39 is 17.7 Å². The van der Waals surface area contributed by atoms with Crippen LogP contribution in [0.1, 0.15) is 23.1 Å². The third-order valence-corrected chi connectivity index (χ3v) is 5.73. The number of aryl methyl sites for hydroxylation is 1. The van der Waals surface area contributed by atoms with E-state index in [1.54, 1.807) is 43.3 Å². The molecule has 0 bridgehead atoms. The second-order valence-corrected chi connectivity index (χ2v) is 7.76. The molecule has 0 radical (unpaired) electrons. The molecule has 4 aromatic rings. The molecule has 1 saturated heterocycles. The molecule has 1 fully saturated rings. The molecule has 164 valence electrons. The van der Waals surface area contributed by atoms with Crippen LogP contribution in [0, 0.1) is 6.92 Å². The minimum atomic E-state index is -1.01. The maximum absolute atomic E-state index is 13.2. The molecule has 1 atom stereocenters. The number of aliphatic hydroxyl groups excluding tert-OH is 1. The number of nitrogens with one attached hydrogen (secondary N) is 1. The summed E-state index contributed by atoms with van der Waals surface area (Å²) >= 11 is 0. The molecule has 4 heterocycles. The van der Waals surface area contributed by atoms with Crippen LogP contribution < -0.4 is 14.4 Å². The number of aromatic nitrogens is 2. The number of ether oxygens (including phenoxy) is 2. The number of hydrogen-bond acceptors (Lipinski definition) is 7. The third kappa shape index (κ3) is 2.89. The molecule has 9 heteroatoms. The molecule has 6 rings (SSSR count). The first kappa shape index (κ1) is 19.2. The van der Waals surface area contributed by atoms with Gasteiger partial charge in [-0.25, -0.2) is 4.98 Å². The molecule has 0 saturated carbocycles. The number of nitrogens with zero attached hydrogens (tertiary/aromatic N) is 2. The Morgan fingerprint density at radius 3 is 2.70 bits per heavy atom. The summed E-state index contributed by atoms with van der Waals surface area (Å²) in [5, 5.41) is 11.2. The van der Waals surface area contributed by atoms with E-state index in [4.69, 9.17) is 13.9 Å². The molecule has 0 aliphatic carbocycles. The molecule has 33 heavy (non-hydrogen) atoms. The smallest absolute Gasteiger partial charge is 0.302 e. The first-order valence-corrected chi connectivity index (χ1v) is 10.2. The lowest BCUT2D eigenvalue weighted by Crippen LogP contribution is -2.30. The lowest BCUT2D eigenvalue weighted by atomic mass is 9.99. The largest absolute Gasteiger partial charge is 0.507 e. The Kier molecular flexibility index (Phi) is 4.06. The minimum Gasteiger partial charge on any atom is -0.507 e. The third-order valence-electron chi connectivity index (χ3n) is 5.73. The number of ketones is 1. The molecular weight excluding hydrogens is 426 g/mol. The number of para-hydroxylation sites is 2. The van der Waals surface area contributed by atoms with Gasteiger partial charge in [0.15, 0.2) is 11.5 Å². The lowest BCUT2D eigenvalue weighted by Gasteiger charge is -2.20. The molecule has 1 amide bonds. The van der Waals surface area contributed by atoms with Crippen LogP contribution in [0.25, 0.3) is 16.8 Å². The van der Waals surface area contributed by atoms with Crippen molar-refractivity contribution in [2.75, 3.05) is 11.7 Å². The molecule has 2 aliphatic rings. The first-order valence-electron chi connectivity index (χ1n) is 10.2. The molecule has 0 spiro atoms. The van der Waals surface area contributed by atoms with E-state index in [1.165, 1.54) is 4.90 Å². The Labute approximate surface area is 186 Å². The highest BCUT2D eigenvalue weighted by molar-refractivity contribution is 6.51. The van der Waals surface area contributed by atoms with Crippen molar-refractivity contribution in [3.63, 3.8) is 0 Å². The number of hydrogen-bond donors (Lipinski definition) is 2. The van der Waals surface area contributed by atoms with Crippen molar-refractivity contribution in [1.82, 2.24) is 9.97 Å². The minimum absolute atomic E-state index is 0.0711. The summed E-state index contributed by atoms with van der Waals surface area (Å²) in [6.45, 7) is 1.83. The Morgan fingerprint density at radius 2 is 1.91 bits per heavy atom. The number of benzene rings is 2. The van der Waals surface area contributed by atoms with E-state index >= 15 is 0 Å². The highest BCUT2D eigenvalue weighted by Crippen LogP contribution is 2.43. The predicted octanol–water partition coefficient (Wildman–Crippen LogP) is 3.82. The molecule has 2 aromatic heterocycles. The zero-order chi connectivity index (χ0) is 22.7. The number of aliphatic hydroxyl groups is 1. The second-order valence-electron chi connectivity index (χ2n) is 7.76. The quantitative estimate of drug-likeness (QED) is 0.281. The standard InChI is InChI=1S/C24H17N3O6/c1-12-6-8-17(33-12)20-19(21(28)13-7-9-16-18(10-13)32-11-31-16)22(29)23(30)27(20)24-25-14-4-2-3-5-15(14)26-24/h2-10,20,28H,11H2,1H3,(H,25,26)/b21-19+. The van der Waals surface area contributed by atoms with Gasteiger partial charge in [-0.05, 0) is 49.4 Å². The van der Waals surface area contributed by atoms with Gasteiger partial charge in [0.2, 0.25) is 12.7 Å². The number of H-pyrrole nitrogens is 1. The van der Waals surface area contributed by atoms with Crippen molar-refractivity contribution in [3.8, 4) is 11.5 Å². The molecule has 1 unspecified atom stereocenters. The van der Waals surface area contributed by atoms with Crippen LogP contribution in [0.15, 0.2) is 64.6 Å². The number of Topliss-reactive ketones (excluding diaryl/α,β-unsaturated/α-hetero) is 1. The number of fused-ring (bicyclic) bond motifs is 2. The van der Waals surface area contributed by atoms with Crippen LogP contribution in [0.3, 0.4) is 0 Å². The van der Waals surface area contributed by atoms with Gasteiger partial charge in [0.25, 0.3) is 5.78 Å². The van der Waals surface area contributed by atoms with Gasteiger partial charge in [0.1, 0.15) is 23.3 Å². The number of amides is 1. The van der Waals surface area contributed by atoms with E-state index in [1.807, 2.05) is 18.2 Å². The number of carbonyl (C=O) groups excluding carboxylic acids is 2. The lowest BCUT2D eigenvalue weighted by molar-refractivity contribution is -0.132. The number of imidazole rings is 1. The molecule has 2 aromatic carbocycles. The van der Waals surface area contributed by atoms with Gasteiger partial charge in [0.05, 0.1) is 16.6 Å². The average molecular weight is 443 g/mol. The zero-order valence-corrected chi connectivity index (χ0v) is 17.4. The molecular formula is C24H17N3O6. The van der Waals surface area contributed by atoms with E-state index in [0.29, 0.717) is 39.6 Å². The highest BCUT2D eigenvalue weighted by atomic mass is 16.7. The van der Waals surface area contributed by atoms with Gasteiger partial charge in [-0.1, -0.05) is 12.1 Å². The average Bonchev–Trinajstić information content (AvgIpc) is 3.59. The second kappa shape index (κ2) is 6.99. The summed E-state index contributed by atoms with van der Waals surface area (Å²) in [6.07, 6.45) is 0. The number of aromatic amines is 1. The predicted molar refractivity (Wildman–Crippen MR) is 117 cm³/mol. The fourth-order valence-corrected chi connectivity index (χ4v) is 4.17. The number of rotatable bonds is 3. The number of anilines is 1.